The predicted octanol–water partition coefficient (Wildman–Crippen LogP) is 3.48. The van der Waals surface area contributed by atoms with E-state index in [0.29, 0.717) is 37.4 Å². The summed E-state index contributed by atoms with van der Waals surface area (Å²) in [5.41, 5.74) is 2.12. The van der Waals surface area contributed by atoms with Crippen LogP contribution < -0.4 is 26.0 Å². The number of hydrogen-bond acceptors (Lipinski definition) is 7. The second kappa shape index (κ2) is 16.6. The van der Waals surface area contributed by atoms with Gasteiger partial charge in [-0.05, 0) is 25.7 Å². The molecule has 1 aliphatic heterocycles. The normalized spacial score (nSPS) is 28.2. The van der Waals surface area contributed by atoms with E-state index in [-0.39, 0.29) is 13.1 Å². The molecule has 1 aromatic heterocycles. The van der Waals surface area contributed by atoms with Crippen LogP contribution in [0.3, 0.4) is 0 Å². The van der Waals surface area contributed by atoms with Crippen molar-refractivity contribution in [3.05, 3.63) is 23.5 Å². The van der Waals surface area contributed by atoms with Crippen LogP contribution in [0.25, 0.3) is 0 Å². The molecule has 4 atom stereocenters. The molecule has 0 unspecified atom stereocenters. The third-order valence-corrected chi connectivity index (χ3v) is 7.02. The first kappa shape index (κ1) is 28.4. The Morgan fingerprint density at radius 3 is 1.68 bits per heavy atom. The second-order valence-corrected chi connectivity index (χ2v) is 11.3. The van der Waals surface area contributed by atoms with Gasteiger partial charge in [0.1, 0.15) is 12.4 Å². The number of aromatic nitrogens is 1. The van der Waals surface area contributed by atoms with Gasteiger partial charge in [-0.25, -0.2) is 0 Å². The Morgan fingerprint density at radius 1 is 0.794 bits per heavy atom. The van der Waals surface area contributed by atoms with Crippen LogP contribution in [0.15, 0.2) is 12.1 Å². The van der Waals surface area contributed by atoms with Gasteiger partial charge in [0.15, 0.2) is 0 Å². The average Bonchev–Trinajstić information content (AvgIpc) is 2.86. The molecule has 0 radical (unpaired) electrons. The Kier molecular flexibility index (Phi) is 13.8. The van der Waals surface area contributed by atoms with E-state index in [9.17, 15) is 0 Å². The number of methoxy groups -OCH3 is 1. The van der Waals surface area contributed by atoms with Crippen molar-refractivity contribution in [2.45, 2.75) is 88.6 Å². The first-order valence-electron chi connectivity index (χ1n) is 12.7. The molecular weight excluding hydrogens is 516 g/mol. The van der Waals surface area contributed by atoms with Gasteiger partial charge in [-0.15, -0.1) is 0 Å². The van der Waals surface area contributed by atoms with Crippen LogP contribution in [-0.2, 0) is 31.0 Å². The SMILES string of the molecule is COCCOc1cc2nc(c1)CN[C@@H]1CCCC[C@H]1NCCN[C@@H]1CCCC[C@H]1NC2.[Cl][Mn][Cl]. The number of nitrogens with zero attached hydrogens (tertiary/aromatic N) is 1. The van der Waals surface area contributed by atoms with Crippen molar-refractivity contribution in [2.24, 2.45) is 0 Å². The molecule has 3 aliphatic rings. The fourth-order valence-electron chi connectivity index (χ4n) is 5.35. The molecule has 0 aromatic carbocycles. The zero-order valence-corrected chi connectivity index (χ0v) is 23.0. The van der Waals surface area contributed by atoms with Gasteiger partial charge in [0.25, 0.3) is 0 Å². The van der Waals surface area contributed by atoms with E-state index < -0.39 is 0 Å². The van der Waals surface area contributed by atoms with Gasteiger partial charge in [-0.1, -0.05) is 25.7 Å². The van der Waals surface area contributed by atoms with Crippen molar-refractivity contribution in [3.8, 4) is 5.75 Å². The molecule has 7 nitrogen and oxygen atoms in total. The Balaban J connectivity index is 0.00000103. The molecule has 195 valence electrons. The van der Waals surface area contributed by atoms with Crippen LogP contribution in [-0.4, -0.2) is 62.6 Å². The summed E-state index contributed by atoms with van der Waals surface area (Å²) in [5.74, 6) is 0.890. The minimum atomic E-state index is 0.00694. The number of rotatable bonds is 4. The Bertz CT molecular complexity index is 657. The first-order valence-corrected chi connectivity index (χ1v) is 15.9. The van der Waals surface area contributed by atoms with Crippen LogP contribution in [0.4, 0.5) is 0 Å². The van der Waals surface area contributed by atoms with Gasteiger partial charge in [0.2, 0.25) is 0 Å². The number of ether oxygens (including phenoxy) is 2. The number of nitrogens with one attached hydrogen (secondary N) is 4. The molecule has 34 heavy (non-hydrogen) atoms. The number of pyridine rings is 1. The molecule has 1 aromatic rings. The third kappa shape index (κ3) is 9.72. The number of halogens is 2. The minimum absolute atomic E-state index is 0.00694. The molecule has 10 heteroatoms. The van der Waals surface area contributed by atoms with E-state index in [4.69, 9.17) is 34.7 Å². The van der Waals surface area contributed by atoms with Gasteiger partial charge in [0, 0.05) is 69.6 Å². The zero-order chi connectivity index (χ0) is 24.0. The van der Waals surface area contributed by atoms with Crippen LogP contribution >= 0.6 is 20.2 Å². The van der Waals surface area contributed by atoms with Crippen LogP contribution in [0.1, 0.15) is 62.8 Å². The Labute approximate surface area is 219 Å². The van der Waals surface area contributed by atoms with E-state index in [0.717, 1.165) is 43.3 Å². The molecule has 2 aliphatic carbocycles. The van der Waals surface area contributed by atoms with Gasteiger partial charge in [-0.2, -0.15) is 0 Å². The summed E-state index contributed by atoms with van der Waals surface area (Å²) < 4.78 is 11.1. The summed E-state index contributed by atoms with van der Waals surface area (Å²) in [5, 5.41) is 15.3. The van der Waals surface area contributed by atoms with Crippen molar-refractivity contribution in [3.63, 3.8) is 0 Å². The Morgan fingerprint density at radius 2 is 1.24 bits per heavy atom. The molecule has 0 amide bonds. The summed E-state index contributed by atoms with van der Waals surface area (Å²) >= 11 is 0.00694. The molecule has 0 saturated heterocycles. The fraction of sp³-hybridized carbons (Fsp3) is 0.792. The fourth-order valence-corrected chi connectivity index (χ4v) is 5.35. The third-order valence-electron chi connectivity index (χ3n) is 7.02. The van der Waals surface area contributed by atoms with Gasteiger partial charge in [0.05, 0.1) is 18.0 Å². The zero-order valence-electron chi connectivity index (χ0n) is 20.3. The maximum absolute atomic E-state index is 5.96. The average molecular weight is 557 g/mol. The maximum atomic E-state index is 5.96. The van der Waals surface area contributed by atoms with Crippen LogP contribution in [0.5, 0.6) is 5.75 Å². The second-order valence-electron chi connectivity index (χ2n) is 9.35. The molecule has 2 bridgehead atoms. The van der Waals surface area contributed by atoms with Crippen molar-refractivity contribution >= 4 is 20.2 Å². The van der Waals surface area contributed by atoms with E-state index in [1.54, 1.807) is 7.11 Å². The summed E-state index contributed by atoms with van der Waals surface area (Å²) in [6, 6.07) is 6.26. The quantitative estimate of drug-likeness (QED) is 0.334. The van der Waals surface area contributed by atoms with Crippen molar-refractivity contribution < 1.29 is 22.6 Å². The summed E-state index contributed by atoms with van der Waals surface area (Å²) in [6.45, 7) is 4.78. The van der Waals surface area contributed by atoms with E-state index in [2.05, 4.69) is 33.4 Å². The molecule has 0 spiro atoms. The van der Waals surface area contributed by atoms with Gasteiger partial charge in [-0.3, -0.25) is 4.98 Å². The predicted molar refractivity (Wildman–Crippen MR) is 135 cm³/mol. The summed E-state index contributed by atoms with van der Waals surface area (Å²) in [4.78, 5) is 4.97. The summed E-state index contributed by atoms with van der Waals surface area (Å²) in [6.07, 6.45) is 10.2. The van der Waals surface area contributed by atoms with Gasteiger partial charge >= 0.3 is 33.3 Å². The Hall–Kier alpha value is -0.151. The molecule has 4 rings (SSSR count). The van der Waals surface area contributed by atoms with Crippen molar-refractivity contribution in [2.75, 3.05) is 33.4 Å². The molecule has 2 saturated carbocycles. The molecule has 4 N–H and O–H groups in total. The van der Waals surface area contributed by atoms with E-state index >= 15 is 0 Å². The molecule has 2 heterocycles. The van der Waals surface area contributed by atoms with Gasteiger partial charge < -0.3 is 30.7 Å². The van der Waals surface area contributed by atoms with E-state index in [1.165, 1.54) is 51.4 Å². The van der Waals surface area contributed by atoms with Crippen molar-refractivity contribution in [1.82, 2.24) is 26.3 Å². The number of hydrogen-bond donors (Lipinski definition) is 4. The molecular formula is C24H41Cl2MnN5O2. The number of fused-ring (bicyclic) bond motifs is 4. The standard InChI is InChI=1S/C24H41N5O2.2ClH.Mn/c1-30-12-13-31-20-14-18-16-27-23-8-4-2-6-21(23)25-10-11-26-22-7-3-5-9-24(22)28-17-19(15-20)29-18;;;/h14-15,21-28H,2-13,16-17H2,1H3;2*1H;/q;;;+2/p-2/t21-,22-,23-,24-;;;/m1.../s1. The topological polar surface area (TPSA) is 79.5 Å². The van der Waals surface area contributed by atoms with Crippen LogP contribution in [0, 0.1) is 0 Å². The first-order chi connectivity index (χ1) is 16.7. The monoisotopic (exact) mass is 556 g/mol. The van der Waals surface area contributed by atoms with Crippen LogP contribution in [0.2, 0.25) is 0 Å². The van der Waals surface area contributed by atoms with E-state index in [1.807, 2.05) is 0 Å². The summed E-state index contributed by atoms with van der Waals surface area (Å²) in [7, 11) is 11.3. The molecule has 2 fully saturated rings. The van der Waals surface area contributed by atoms with Crippen molar-refractivity contribution in [1.29, 1.82) is 0 Å².